The molecule has 4 heteroatoms. The number of fused-ring (bicyclic) bond motifs is 1. The van der Waals surface area contributed by atoms with Gasteiger partial charge in [-0.15, -0.1) is 0 Å². The Labute approximate surface area is 127 Å². The lowest BCUT2D eigenvalue weighted by atomic mass is 9.95. The zero-order valence-corrected chi connectivity index (χ0v) is 13.3. The summed E-state index contributed by atoms with van der Waals surface area (Å²) in [6, 6.07) is 9.15. The fourth-order valence-electron chi connectivity index (χ4n) is 3.39. The van der Waals surface area contributed by atoms with Crippen LogP contribution in [0.5, 0.6) is 0 Å². The first-order valence-corrected chi connectivity index (χ1v) is 8.06. The summed E-state index contributed by atoms with van der Waals surface area (Å²) in [5, 5.41) is 9.59. The molecule has 2 aromatic rings. The van der Waals surface area contributed by atoms with E-state index in [4.69, 9.17) is 5.10 Å². The standard InChI is InChI=1S/C17H26N4/c1-4-13(2)17-11-18-9-10-21(17)12-15-14-7-5-6-8-16(14)20(3)19-15/h5-8,13,17-18H,4,9-12H2,1-3H3. The molecule has 2 atom stereocenters. The topological polar surface area (TPSA) is 33.1 Å². The number of benzene rings is 1. The van der Waals surface area contributed by atoms with Crippen LogP contribution in [0.25, 0.3) is 10.9 Å². The van der Waals surface area contributed by atoms with Crippen LogP contribution in [-0.2, 0) is 13.6 Å². The molecule has 1 aliphatic rings. The highest BCUT2D eigenvalue weighted by Gasteiger charge is 2.27. The van der Waals surface area contributed by atoms with Crippen LogP contribution in [0.15, 0.2) is 24.3 Å². The predicted octanol–water partition coefficient (Wildman–Crippen LogP) is 2.39. The molecule has 0 bridgehead atoms. The van der Waals surface area contributed by atoms with Crippen molar-refractivity contribution in [2.75, 3.05) is 19.6 Å². The van der Waals surface area contributed by atoms with Gasteiger partial charge in [0.25, 0.3) is 0 Å². The number of hydrogen-bond acceptors (Lipinski definition) is 3. The lowest BCUT2D eigenvalue weighted by molar-refractivity contribution is 0.108. The van der Waals surface area contributed by atoms with Crippen LogP contribution in [0.2, 0.25) is 0 Å². The second-order valence-corrected chi connectivity index (χ2v) is 6.21. The van der Waals surface area contributed by atoms with E-state index >= 15 is 0 Å². The molecule has 0 saturated carbocycles. The molecule has 1 saturated heterocycles. The summed E-state index contributed by atoms with van der Waals surface area (Å²) in [4.78, 5) is 2.61. The molecular weight excluding hydrogens is 260 g/mol. The minimum atomic E-state index is 0.615. The molecule has 0 amide bonds. The molecule has 2 heterocycles. The van der Waals surface area contributed by atoms with Crippen molar-refractivity contribution in [3.63, 3.8) is 0 Å². The normalized spacial score (nSPS) is 21.8. The number of hydrogen-bond donors (Lipinski definition) is 1. The van der Waals surface area contributed by atoms with Crippen LogP contribution in [0.4, 0.5) is 0 Å². The molecule has 21 heavy (non-hydrogen) atoms. The van der Waals surface area contributed by atoms with Crippen LogP contribution < -0.4 is 5.32 Å². The zero-order chi connectivity index (χ0) is 14.8. The van der Waals surface area contributed by atoms with E-state index in [1.54, 1.807) is 0 Å². The van der Waals surface area contributed by atoms with Gasteiger partial charge in [-0.1, -0.05) is 38.5 Å². The van der Waals surface area contributed by atoms with E-state index in [2.05, 4.69) is 48.3 Å². The molecule has 1 fully saturated rings. The first kappa shape index (κ1) is 14.5. The number of piperazine rings is 1. The van der Waals surface area contributed by atoms with Crippen LogP contribution in [0, 0.1) is 5.92 Å². The maximum atomic E-state index is 4.76. The maximum Gasteiger partial charge on any atom is 0.0843 e. The quantitative estimate of drug-likeness (QED) is 0.937. The Kier molecular flexibility index (Phi) is 4.27. The van der Waals surface area contributed by atoms with Gasteiger partial charge in [0, 0.05) is 44.7 Å². The van der Waals surface area contributed by atoms with Crippen molar-refractivity contribution >= 4 is 10.9 Å². The van der Waals surface area contributed by atoms with Gasteiger partial charge < -0.3 is 5.32 Å². The SMILES string of the molecule is CCC(C)C1CNCCN1Cc1nn(C)c2ccccc12. The molecule has 1 aromatic heterocycles. The summed E-state index contributed by atoms with van der Waals surface area (Å²) < 4.78 is 2.01. The molecule has 3 rings (SSSR count). The Morgan fingerprint density at radius 2 is 2.19 bits per heavy atom. The van der Waals surface area contributed by atoms with Gasteiger partial charge in [0.05, 0.1) is 11.2 Å². The van der Waals surface area contributed by atoms with Crippen molar-refractivity contribution in [2.24, 2.45) is 13.0 Å². The van der Waals surface area contributed by atoms with Crippen molar-refractivity contribution in [1.82, 2.24) is 20.0 Å². The number of nitrogens with zero attached hydrogens (tertiary/aromatic N) is 3. The summed E-state index contributed by atoms with van der Waals surface area (Å²) in [6.45, 7) is 8.89. The van der Waals surface area contributed by atoms with E-state index in [1.165, 1.54) is 23.0 Å². The Bertz CT molecular complexity index is 604. The molecular formula is C17H26N4. The minimum absolute atomic E-state index is 0.615. The average Bonchev–Trinajstić information content (AvgIpc) is 2.84. The monoisotopic (exact) mass is 286 g/mol. The van der Waals surface area contributed by atoms with E-state index in [1.807, 2.05) is 11.7 Å². The molecule has 1 aromatic carbocycles. The second-order valence-electron chi connectivity index (χ2n) is 6.21. The Morgan fingerprint density at radius 1 is 1.38 bits per heavy atom. The molecule has 1 aliphatic heterocycles. The summed E-state index contributed by atoms with van der Waals surface area (Å²) in [6.07, 6.45) is 1.23. The van der Waals surface area contributed by atoms with Gasteiger partial charge in [0.2, 0.25) is 0 Å². The first-order chi connectivity index (χ1) is 10.2. The second kappa shape index (κ2) is 6.16. The third-order valence-corrected chi connectivity index (χ3v) is 4.89. The highest BCUT2D eigenvalue weighted by atomic mass is 15.3. The van der Waals surface area contributed by atoms with Gasteiger partial charge in [-0.3, -0.25) is 9.58 Å². The fourth-order valence-corrected chi connectivity index (χ4v) is 3.39. The van der Waals surface area contributed by atoms with Crippen molar-refractivity contribution < 1.29 is 0 Å². The number of rotatable bonds is 4. The Balaban J connectivity index is 1.86. The van der Waals surface area contributed by atoms with Gasteiger partial charge in [-0.25, -0.2) is 0 Å². The smallest absolute Gasteiger partial charge is 0.0843 e. The van der Waals surface area contributed by atoms with Crippen molar-refractivity contribution in [3.8, 4) is 0 Å². The van der Waals surface area contributed by atoms with E-state index in [9.17, 15) is 0 Å². The number of aromatic nitrogens is 2. The minimum Gasteiger partial charge on any atom is -0.314 e. The molecule has 0 radical (unpaired) electrons. The number of aryl methyl sites for hydroxylation is 1. The highest BCUT2D eigenvalue weighted by molar-refractivity contribution is 5.81. The Hall–Kier alpha value is -1.39. The highest BCUT2D eigenvalue weighted by Crippen LogP contribution is 2.23. The molecule has 0 aliphatic carbocycles. The van der Waals surface area contributed by atoms with Crippen molar-refractivity contribution in [2.45, 2.75) is 32.9 Å². The van der Waals surface area contributed by atoms with Crippen LogP contribution in [-0.4, -0.2) is 40.4 Å². The zero-order valence-electron chi connectivity index (χ0n) is 13.3. The van der Waals surface area contributed by atoms with Gasteiger partial charge >= 0.3 is 0 Å². The van der Waals surface area contributed by atoms with Gasteiger partial charge in [-0.05, 0) is 12.0 Å². The third-order valence-electron chi connectivity index (χ3n) is 4.89. The predicted molar refractivity (Wildman–Crippen MR) is 87.2 cm³/mol. The van der Waals surface area contributed by atoms with E-state index in [0.29, 0.717) is 12.0 Å². The van der Waals surface area contributed by atoms with Gasteiger partial charge in [0.15, 0.2) is 0 Å². The lowest BCUT2D eigenvalue weighted by Crippen LogP contribution is -2.53. The van der Waals surface area contributed by atoms with Crippen molar-refractivity contribution in [3.05, 3.63) is 30.0 Å². The fraction of sp³-hybridized carbons (Fsp3) is 0.588. The third kappa shape index (κ3) is 2.83. The number of para-hydroxylation sites is 1. The number of nitrogens with one attached hydrogen (secondary N) is 1. The summed E-state index contributed by atoms with van der Waals surface area (Å²) in [5.74, 6) is 0.716. The Morgan fingerprint density at radius 3 is 3.00 bits per heavy atom. The molecule has 4 nitrogen and oxygen atoms in total. The van der Waals surface area contributed by atoms with Crippen LogP contribution in [0.3, 0.4) is 0 Å². The van der Waals surface area contributed by atoms with E-state index in [0.717, 1.165) is 26.2 Å². The molecule has 2 unspecified atom stereocenters. The summed E-state index contributed by atoms with van der Waals surface area (Å²) in [7, 11) is 2.04. The van der Waals surface area contributed by atoms with Crippen molar-refractivity contribution in [1.29, 1.82) is 0 Å². The molecule has 1 N–H and O–H groups in total. The maximum absolute atomic E-state index is 4.76. The summed E-state index contributed by atoms with van der Waals surface area (Å²) >= 11 is 0. The van der Waals surface area contributed by atoms with Gasteiger partial charge in [-0.2, -0.15) is 5.10 Å². The lowest BCUT2D eigenvalue weighted by Gasteiger charge is -2.39. The largest absolute Gasteiger partial charge is 0.314 e. The van der Waals surface area contributed by atoms with Crippen LogP contribution >= 0.6 is 0 Å². The summed E-state index contributed by atoms with van der Waals surface area (Å²) in [5.41, 5.74) is 2.44. The molecule has 0 spiro atoms. The van der Waals surface area contributed by atoms with Crippen LogP contribution in [0.1, 0.15) is 26.0 Å². The van der Waals surface area contributed by atoms with Gasteiger partial charge in [0.1, 0.15) is 0 Å². The van der Waals surface area contributed by atoms with E-state index < -0.39 is 0 Å². The first-order valence-electron chi connectivity index (χ1n) is 8.06. The van der Waals surface area contributed by atoms with E-state index in [-0.39, 0.29) is 0 Å². The molecule has 114 valence electrons. The average molecular weight is 286 g/mol.